The highest BCUT2D eigenvalue weighted by Gasteiger charge is 2.47. The molecule has 0 aromatic rings. The number of aliphatic hydroxyl groups excluding tert-OH is 8. The van der Waals surface area contributed by atoms with Crippen LogP contribution in [0.5, 0.6) is 0 Å². The first-order valence-electron chi connectivity index (χ1n) is 12.2. The van der Waals surface area contributed by atoms with Crippen LogP contribution in [0, 0.1) is 0 Å². The van der Waals surface area contributed by atoms with Crippen LogP contribution in [0.4, 0.5) is 0 Å². The summed E-state index contributed by atoms with van der Waals surface area (Å²) < 4.78 is 26.1. The Bertz CT molecular complexity index is 669. The smallest absolute Gasteiger partial charge is 0.251 e. The molecule has 0 spiro atoms. The van der Waals surface area contributed by atoms with Gasteiger partial charge in [-0.1, -0.05) is 0 Å². The quantitative estimate of drug-likeness (QED) is 0.0630. The van der Waals surface area contributed by atoms with Gasteiger partial charge in [0.25, 0.3) is 5.91 Å². The van der Waals surface area contributed by atoms with Crippen molar-refractivity contribution in [1.29, 1.82) is 0 Å². The molecule has 9 N–H and O–H groups in total. The largest absolute Gasteiger partial charge is 0.394 e. The molecule has 0 aromatic heterocycles. The Kier molecular flexibility index (Phi) is 17.2. The average Bonchev–Trinajstić information content (AvgIpc) is 2.90. The van der Waals surface area contributed by atoms with Gasteiger partial charge in [0, 0.05) is 13.0 Å². The number of ketones is 1. The molecule has 1 aliphatic heterocycles. The number of Topliss-reactive ketones (excluding diaryl/α,β-unsaturated/α-hetero) is 1. The number of amides is 1. The summed E-state index contributed by atoms with van der Waals surface area (Å²) in [5.74, 6) is -1.02. The summed E-state index contributed by atoms with van der Waals surface area (Å²) in [6.07, 6.45) is -16.2. The Morgan fingerprint density at radius 1 is 0.868 bits per heavy atom. The number of aliphatic hydroxyl groups is 8. The molecule has 9 atom stereocenters. The number of nitrogens with one attached hydrogen (secondary N) is 1. The Morgan fingerprint density at radius 2 is 1.45 bits per heavy atom. The van der Waals surface area contributed by atoms with Gasteiger partial charge in [-0.2, -0.15) is 0 Å². The molecule has 1 rings (SSSR count). The fourth-order valence-corrected chi connectivity index (χ4v) is 3.28. The van der Waals surface area contributed by atoms with Gasteiger partial charge in [0.1, 0.15) is 48.5 Å². The maximum absolute atomic E-state index is 12.2. The van der Waals surface area contributed by atoms with E-state index in [1.807, 2.05) is 0 Å². The second-order valence-electron chi connectivity index (χ2n) is 8.56. The van der Waals surface area contributed by atoms with Gasteiger partial charge in [0.2, 0.25) is 0 Å². The molecule has 16 heteroatoms. The molecule has 0 saturated carbocycles. The van der Waals surface area contributed by atoms with Crippen molar-refractivity contribution < 1.29 is 74.1 Å². The van der Waals surface area contributed by atoms with Gasteiger partial charge >= 0.3 is 0 Å². The molecule has 6 unspecified atom stereocenters. The first-order valence-corrected chi connectivity index (χ1v) is 12.2. The lowest BCUT2D eigenvalue weighted by atomic mass is 9.98. The first-order chi connectivity index (χ1) is 18.0. The van der Waals surface area contributed by atoms with E-state index in [0.29, 0.717) is 26.2 Å². The van der Waals surface area contributed by atoms with E-state index >= 15 is 0 Å². The highest BCUT2D eigenvalue weighted by atomic mass is 16.7. The molecule has 0 bridgehead atoms. The predicted octanol–water partition coefficient (Wildman–Crippen LogP) is -5.61. The normalized spacial score (nSPS) is 26.9. The van der Waals surface area contributed by atoms with E-state index in [0.717, 1.165) is 0 Å². The van der Waals surface area contributed by atoms with Crippen molar-refractivity contribution in [2.24, 2.45) is 0 Å². The number of rotatable bonds is 20. The predicted molar refractivity (Wildman–Crippen MR) is 125 cm³/mol. The van der Waals surface area contributed by atoms with Crippen molar-refractivity contribution in [1.82, 2.24) is 5.32 Å². The van der Waals surface area contributed by atoms with E-state index in [1.165, 1.54) is 6.92 Å². The Hall–Kier alpha value is -1.38. The summed E-state index contributed by atoms with van der Waals surface area (Å²) in [5.41, 5.74) is 0. The van der Waals surface area contributed by atoms with Crippen LogP contribution >= 0.6 is 0 Å². The van der Waals surface area contributed by atoms with Crippen LogP contribution in [0.1, 0.15) is 13.3 Å². The molecule has 1 saturated heterocycles. The van der Waals surface area contributed by atoms with Crippen molar-refractivity contribution in [2.75, 3.05) is 59.4 Å². The van der Waals surface area contributed by atoms with Crippen molar-refractivity contribution in [2.45, 2.75) is 68.5 Å². The van der Waals surface area contributed by atoms with Crippen molar-refractivity contribution >= 4 is 11.7 Å². The lowest BCUT2D eigenvalue weighted by molar-refractivity contribution is -0.326. The van der Waals surface area contributed by atoms with Crippen molar-refractivity contribution in [3.8, 4) is 0 Å². The fourth-order valence-electron chi connectivity index (χ4n) is 3.28. The minimum absolute atomic E-state index is 0.0388. The number of carbonyl (C=O) groups excluding carboxylic acids is 2. The molecule has 224 valence electrons. The second kappa shape index (κ2) is 18.8. The van der Waals surface area contributed by atoms with E-state index in [1.54, 1.807) is 0 Å². The maximum Gasteiger partial charge on any atom is 0.251 e. The topological polar surface area (TPSA) is 254 Å². The number of ether oxygens (including phenoxy) is 5. The van der Waals surface area contributed by atoms with Gasteiger partial charge in [-0.25, -0.2) is 0 Å². The van der Waals surface area contributed by atoms with E-state index in [9.17, 15) is 50.4 Å². The lowest BCUT2D eigenvalue weighted by Gasteiger charge is -2.42. The van der Waals surface area contributed by atoms with Gasteiger partial charge in [-0.15, -0.1) is 0 Å². The third kappa shape index (κ3) is 11.8. The number of hydrogen-bond donors (Lipinski definition) is 9. The fraction of sp³-hybridized carbons (Fsp3) is 0.909. The molecule has 1 heterocycles. The van der Waals surface area contributed by atoms with Crippen LogP contribution < -0.4 is 5.32 Å². The molecular formula is C22H41NO15. The Morgan fingerprint density at radius 3 is 2.00 bits per heavy atom. The van der Waals surface area contributed by atoms with Gasteiger partial charge in [0.15, 0.2) is 12.4 Å². The molecule has 1 aliphatic rings. The molecule has 0 aromatic carbocycles. The second-order valence-corrected chi connectivity index (χ2v) is 8.56. The van der Waals surface area contributed by atoms with Crippen LogP contribution in [-0.4, -0.2) is 167 Å². The van der Waals surface area contributed by atoms with E-state index in [4.69, 9.17) is 23.7 Å². The van der Waals surface area contributed by atoms with Gasteiger partial charge in [0.05, 0.1) is 52.9 Å². The number of hydrogen-bond acceptors (Lipinski definition) is 15. The summed E-state index contributed by atoms with van der Waals surface area (Å²) in [5, 5.41) is 81.4. The molecule has 0 aliphatic carbocycles. The van der Waals surface area contributed by atoms with Crippen molar-refractivity contribution in [3.63, 3.8) is 0 Å². The summed E-state index contributed by atoms with van der Waals surface area (Å²) in [4.78, 5) is 23.0. The van der Waals surface area contributed by atoms with E-state index in [-0.39, 0.29) is 32.1 Å². The first kappa shape index (κ1) is 34.6. The highest BCUT2D eigenvalue weighted by Crippen LogP contribution is 2.25. The molecule has 16 nitrogen and oxygen atoms in total. The SMILES string of the molecule is CC(=O)CCOCCOCCOCCNC(=O)C(O)C(O)C(O[C@@H]1OC(CO)[C@@H](O)C(O)[C@H]1O)C(O)CO. The summed E-state index contributed by atoms with van der Waals surface area (Å²) >= 11 is 0. The van der Waals surface area contributed by atoms with Gasteiger partial charge < -0.3 is 69.9 Å². The lowest BCUT2D eigenvalue weighted by Crippen LogP contribution is -2.62. The third-order valence-electron chi connectivity index (χ3n) is 5.52. The molecule has 1 fully saturated rings. The van der Waals surface area contributed by atoms with Crippen LogP contribution in [0.2, 0.25) is 0 Å². The Labute approximate surface area is 219 Å². The van der Waals surface area contributed by atoms with Gasteiger partial charge in [-0.05, 0) is 6.92 Å². The number of carbonyl (C=O) groups is 2. The maximum atomic E-state index is 12.2. The zero-order valence-corrected chi connectivity index (χ0v) is 21.2. The molecule has 38 heavy (non-hydrogen) atoms. The molecule has 0 radical (unpaired) electrons. The monoisotopic (exact) mass is 559 g/mol. The van der Waals surface area contributed by atoms with Crippen molar-refractivity contribution in [3.05, 3.63) is 0 Å². The summed E-state index contributed by atoms with van der Waals surface area (Å²) in [6.45, 7) is 1.13. The third-order valence-corrected chi connectivity index (χ3v) is 5.52. The zero-order chi connectivity index (χ0) is 28.7. The van der Waals surface area contributed by atoms with Crippen LogP contribution in [0.25, 0.3) is 0 Å². The highest BCUT2D eigenvalue weighted by molar-refractivity contribution is 5.81. The standard InChI is InChI=1S/C22H41NO15/c1-12(26)2-4-34-6-8-36-9-7-35-5-3-23-21(33)18(31)17(30)20(13(27)10-24)38-22-19(32)16(29)15(28)14(11-25)37-22/h13-20,22,24-25,27-32H,2-11H2,1H3,(H,23,33)/t13?,14?,15-,16?,17?,18?,19-,20?,22+/m1/s1. The van der Waals surface area contributed by atoms with Crippen LogP contribution in [0.15, 0.2) is 0 Å². The van der Waals surface area contributed by atoms with Crippen LogP contribution in [-0.2, 0) is 33.3 Å². The summed E-state index contributed by atoms with van der Waals surface area (Å²) in [6, 6.07) is 0. The van der Waals surface area contributed by atoms with E-state index < -0.39 is 74.2 Å². The molecule has 1 amide bonds. The van der Waals surface area contributed by atoms with E-state index in [2.05, 4.69) is 5.32 Å². The van der Waals surface area contributed by atoms with Crippen LogP contribution in [0.3, 0.4) is 0 Å². The minimum Gasteiger partial charge on any atom is -0.394 e. The minimum atomic E-state index is -2.16. The zero-order valence-electron chi connectivity index (χ0n) is 21.2. The molecular weight excluding hydrogens is 518 g/mol. The van der Waals surface area contributed by atoms with Gasteiger partial charge in [-0.3, -0.25) is 9.59 Å². The average molecular weight is 560 g/mol. The summed E-state index contributed by atoms with van der Waals surface area (Å²) in [7, 11) is 0. The Balaban J connectivity index is 2.41.